The Morgan fingerprint density at radius 2 is 2.07 bits per heavy atom. The summed E-state index contributed by atoms with van der Waals surface area (Å²) in [5, 5.41) is -0.616. The van der Waals surface area contributed by atoms with Gasteiger partial charge in [-0.2, -0.15) is 0 Å². The summed E-state index contributed by atoms with van der Waals surface area (Å²) in [7, 11) is 0. The number of esters is 1. The van der Waals surface area contributed by atoms with Crippen molar-refractivity contribution in [2.75, 3.05) is 0 Å². The monoisotopic (exact) mass is 211 g/mol. The molecule has 74 valence electrons. The Morgan fingerprint density at radius 1 is 1.43 bits per heavy atom. The Balaban J connectivity index is 2.61. The fraction of sp³-hybridized carbons (Fsp3) is 0.300. The maximum atomic E-state index is 11.3. The van der Waals surface area contributed by atoms with Crippen LogP contribution in [0.4, 0.5) is 0 Å². The van der Waals surface area contributed by atoms with Crippen LogP contribution in [0.5, 0.6) is 5.75 Å². The summed E-state index contributed by atoms with van der Waals surface area (Å²) in [4.78, 5) is 11.3. The van der Waals surface area contributed by atoms with Crippen LogP contribution in [0.3, 0.4) is 0 Å². The van der Waals surface area contributed by atoms with Gasteiger partial charge in [0.2, 0.25) is 0 Å². The highest BCUT2D eigenvalue weighted by atomic mass is 32.1. The highest BCUT2D eigenvalue weighted by molar-refractivity contribution is 7.67. The third-order valence-corrected chi connectivity index (χ3v) is 2.47. The molecule has 0 aliphatic rings. The topological polar surface area (TPSA) is 43.4 Å². The Morgan fingerprint density at radius 3 is 2.57 bits per heavy atom. The molecule has 0 aliphatic heterocycles. The van der Waals surface area contributed by atoms with Crippen LogP contribution in [0.1, 0.15) is 13.3 Å². The standard InChI is InChI=1S/C10H11O3S/c1-2-9(14-12)10(11)13-8-6-4-3-5-7-8/h3-7,9H,2H2,1H3/q+1. The van der Waals surface area contributed by atoms with Gasteiger partial charge in [-0.15, -0.1) is 0 Å². The minimum Gasteiger partial charge on any atom is -0.422 e. The van der Waals surface area contributed by atoms with Crippen molar-refractivity contribution in [2.45, 2.75) is 18.6 Å². The molecule has 0 N–H and O–H groups in total. The van der Waals surface area contributed by atoms with Crippen LogP contribution in [-0.2, 0) is 20.7 Å². The number of rotatable bonds is 4. The third-order valence-electron chi connectivity index (χ3n) is 1.71. The van der Waals surface area contributed by atoms with Crippen molar-refractivity contribution in [2.24, 2.45) is 0 Å². The zero-order valence-corrected chi connectivity index (χ0v) is 8.62. The summed E-state index contributed by atoms with van der Waals surface area (Å²) in [6, 6.07) is 8.74. The lowest BCUT2D eigenvalue weighted by molar-refractivity contribution is -0.133. The Hall–Kier alpha value is -1.29. The average molecular weight is 211 g/mol. The van der Waals surface area contributed by atoms with Crippen molar-refractivity contribution >= 4 is 17.6 Å². The number of hydrogen-bond donors (Lipinski definition) is 0. The molecule has 0 amide bonds. The molecule has 4 heteroatoms. The molecule has 1 unspecified atom stereocenters. The molecule has 1 atom stereocenters. The van der Waals surface area contributed by atoms with E-state index in [2.05, 4.69) is 0 Å². The zero-order valence-electron chi connectivity index (χ0n) is 7.80. The summed E-state index contributed by atoms with van der Waals surface area (Å²) in [5.41, 5.74) is 0. The fourth-order valence-corrected chi connectivity index (χ4v) is 1.21. The van der Waals surface area contributed by atoms with E-state index in [4.69, 9.17) is 4.74 Å². The van der Waals surface area contributed by atoms with E-state index in [0.29, 0.717) is 12.2 Å². The third kappa shape index (κ3) is 2.88. The SMILES string of the molecule is CCC([S+]=O)C(=O)Oc1ccccc1. The first kappa shape index (κ1) is 10.8. The van der Waals surface area contributed by atoms with Gasteiger partial charge in [0.25, 0.3) is 0 Å². The molecule has 14 heavy (non-hydrogen) atoms. The van der Waals surface area contributed by atoms with Gasteiger partial charge in [-0.1, -0.05) is 25.1 Å². The smallest absolute Gasteiger partial charge is 0.422 e. The van der Waals surface area contributed by atoms with Gasteiger partial charge in [-0.3, -0.25) is 0 Å². The highest BCUT2D eigenvalue weighted by Gasteiger charge is 2.31. The largest absolute Gasteiger partial charge is 0.474 e. The van der Waals surface area contributed by atoms with Crippen molar-refractivity contribution < 1.29 is 13.7 Å². The van der Waals surface area contributed by atoms with Gasteiger partial charge < -0.3 is 4.74 Å². The lowest BCUT2D eigenvalue weighted by atomic mass is 10.3. The van der Waals surface area contributed by atoms with E-state index in [0.717, 1.165) is 0 Å². The Labute approximate surface area is 86.6 Å². The Bertz CT molecular complexity index is 310. The lowest BCUT2D eigenvalue weighted by Crippen LogP contribution is -2.24. The molecule has 0 radical (unpaired) electrons. The van der Waals surface area contributed by atoms with E-state index in [1.165, 1.54) is 0 Å². The molecule has 0 spiro atoms. The van der Waals surface area contributed by atoms with Gasteiger partial charge in [0.1, 0.15) is 5.75 Å². The average Bonchev–Trinajstić information content (AvgIpc) is 2.21. The summed E-state index contributed by atoms with van der Waals surface area (Å²) < 4.78 is 15.5. The number of para-hydroxylation sites is 1. The summed E-state index contributed by atoms with van der Waals surface area (Å²) in [6.45, 7) is 1.78. The quantitative estimate of drug-likeness (QED) is 0.433. The van der Waals surface area contributed by atoms with Gasteiger partial charge in [0.05, 0.1) is 0 Å². The van der Waals surface area contributed by atoms with E-state index in [1.807, 2.05) is 6.07 Å². The van der Waals surface area contributed by atoms with Gasteiger partial charge in [-0.25, -0.2) is 4.79 Å². The maximum Gasteiger partial charge on any atom is 0.474 e. The first-order chi connectivity index (χ1) is 6.77. The van der Waals surface area contributed by atoms with Crippen LogP contribution < -0.4 is 4.74 Å². The number of carbonyl (C=O) groups excluding carboxylic acids is 1. The molecule has 0 fully saturated rings. The van der Waals surface area contributed by atoms with Crippen LogP contribution in [0.2, 0.25) is 0 Å². The van der Waals surface area contributed by atoms with E-state index < -0.39 is 11.2 Å². The van der Waals surface area contributed by atoms with Gasteiger partial charge in [0.15, 0.2) is 0 Å². The second kappa shape index (κ2) is 5.44. The number of hydrogen-bond acceptors (Lipinski definition) is 3. The van der Waals surface area contributed by atoms with Gasteiger partial charge in [-0.05, 0) is 12.1 Å². The predicted molar refractivity (Wildman–Crippen MR) is 54.2 cm³/mol. The molecule has 0 aliphatic carbocycles. The normalized spacial score (nSPS) is 11.8. The molecule has 1 aromatic carbocycles. The van der Waals surface area contributed by atoms with Crippen molar-refractivity contribution in [3.63, 3.8) is 0 Å². The minimum absolute atomic E-state index is 0.273. The first-order valence-corrected chi connectivity index (χ1v) is 5.13. The van der Waals surface area contributed by atoms with E-state index in [1.54, 1.807) is 31.2 Å². The van der Waals surface area contributed by atoms with Crippen LogP contribution in [0.25, 0.3) is 0 Å². The van der Waals surface area contributed by atoms with Crippen LogP contribution in [0.15, 0.2) is 30.3 Å². The second-order valence-corrected chi connectivity index (χ2v) is 3.49. The van der Waals surface area contributed by atoms with Crippen LogP contribution in [0, 0.1) is 0 Å². The van der Waals surface area contributed by atoms with Crippen molar-refractivity contribution in [1.29, 1.82) is 0 Å². The van der Waals surface area contributed by atoms with Crippen molar-refractivity contribution in [3.8, 4) is 5.75 Å². The maximum absolute atomic E-state index is 11.3. The van der Waals surface area contributed by atoms with Crippen LogP contribution >= 0.6 is 0 Å². The van der Waals surface area contributed by atoms with E-state index >= 15 is 0 Å². The number of carbonyl (C=O) groups is 1. The first-order valence-electron chi connectivity index (χ1n) is 4.33. The fourth-order valence-electron chi connectivity index (χ4n) is 0.944. The molecule has 3 nitrogen and oxygen atoms in total. The molecule has 1 aromatic rings. The van der Waals surface area contributed by atoms with Crippen molar-refractivity contribution in [3.05, 3.63) is 30.3 Å². The zero-order chi connectivity index (χ0) is 10.4. The molecule has 0 saturated carbocycles. The molecule has 0 heterocycles. The van der Waals surface area contributed by atoms with Crippen LogP contribution in [-0.4, -0.2) is 11.2 Å². The Kier molecular flexibility index (Phi) is 4.19. The molecular weight excluding hydrogens is 200 g/mol. The lowest BCUT2D eigenvalue weighted by Gasteiger charge is -2.01. The summed E-state index contributed by atoms with van der Waals surface area (Å²) in [5.74, 6) is 0.00343. The minimum atomic E-state index is -0.616. The molecule has 1 rings (SSSR count). The number of ether oxygens (including phenoxy) is 1. The van der Waals surface area contributed by atoms with E-state index in [-0.39, 0.29) is 11.7 Å². The summed E-state index contributed by atoms with van der Waals surface area (Å²) >= 11 is 0.273. The van der Waals surface area contributed by atoms with Crippen molar-refractivity contribution in [1.82, 2.24) is 0 Å². The second-order valence-electron chi connectivity index (χ2n) is 2.73. The molecule has 0 aromatic heterocycles. The molecule has 0 saturated heterocycles. The van der Waals surface area contributed by atoms with Gasteiger partial charge in [0, 0.05) is 10.6 Å². The molecule has 0 bridgehead atoms. The molecular formula is C10H11O3S+. The highest BCUT2D eigenvalue weighted by Crippen LogP contribution is 2.10. The summed E-state index contributed by atoms with van der Waals surface area (Å²) in [6.07, 6.45) is 0.486. The number of benzene rings is 1. The van der Waals surface area contributed by atoms with E-state index in [9.17, 15) is 9.00 Å². The predicted octanol–water partition coefficient (Wildman–Crippen LogP) is 1.80. The van der Waals surface area contributed by atoms with Gasteiger partial charge >= 0.3 is 22.9 Å².